The molecule has 0 spiro atoms. The first kappa shape index (κ1) is 13.7. The lowest BCUT2D eigenvalue weighted by Crippen LogP contribution is -2.13. The van der Waals surface area contributed by atoms with E-state index in [9.17, 15) is 4.39 Å². The van der Waals surface area contributed by atoms with Crippen molar-refractivity contribution in [3.63, 3.8) is 0 Å². The van der Waals surface area contributed by atoms with Crippen LogP contribution in [0.3, 0.4) is 0 Å². The molecule has 0 amide bonds. The summed E-state index contributed by atoms with van der Waals surface area (Å²) in [7, 11) is 3.89. The zero-order valence-corrected chi connectivity index (χ0v) is 11.9. The minimum absolute atomic E-state index is 0.165. The summed E-state index contributed by atoms with van der Waals surface area (Å²) >= 11 is 0. The van der Waals surface area contributed by atoms with Gasteiger partial charge >= 0.3 is 0 Å². The van der Waals surface area contributed by atoms with Crippen LogP contribution >= 0.6 is 0 Å². The highest BCUT2D eigenvalue weighted by atomic mass is 19.1. The first-order valence-corrected chi connectivity index (χ1v) is 6.48. The fourth-order valence-electron chi connectivity index (χ4n) is 2.41. The van der Waals surface area contributed by atoms with Gasteiger partial charge in [0.2, 0.25) is 0 Å². The summed E-state index contributed by atoms with van der Waals surface area (Å²) in [5.41, 5.74) is 4.99. The van der Waals surface area contributed by atoms with Gasteiger partial charge in [0.05, 0.1) is 5.69 Å². The molecule has 2 rings (SSSR count). The first-order chi connectivity index (χ1) is 9.04. The van der Waals surface area contributed by atoms with E-state index < -0.39 is 0 Å². The Bertz CT molecular complexity index is 587. The van der Waals surface area contributed by atoms with Gasteiger partial charge in [0.1, 0.15) is 5.82 Å². The van der Waals surface area contributed by atoms with Crippen LogP contribution in [0.1, 0.15) is 17.0 Å². The number of aromatic nitrogens is 2. The van der Waals surface area contributed by atoms with Crippen molar-refractivity contribution in [2.45, 2.75) is 20.3 Å². The van der Waals surface area contributed by atoms with E-state index in [0.717, 1.165) is 29.8 Å². The smallest absolute Gasteiger partial charge is 0.126 e. The van der Waals surface area contributed by atoms with Crippen molar-refractivity contribution >= 4 is 0 Å². The van der Waals surface area contributed by atoms with Crippen molar-refractivity contribution < 1.29 is 4.39 Å². The number of aryl methyl sites for hydroxylation is 3. The molecule has 3 nitrogen and oxygen atoms in total. The van der Waals surface area contributed by atoms with Gasteiger partial charge in [-0.3, -0.25) is 4.68 Å². The molecule has 0 saturated heterocycles. The minimum atomic E-state index is -0.165. The van der Waals surface area contributed by atoms with Gasteiger partial charge < -0.3 is 5.32 Å². The van der Waals surface area contributed by atoms with Crippen LogP contribution < -0.4 is 5.32 Å². The normalized spacial score (nSPS) is 11.0. The lowest BCUT2D eigenvalue weighted by molar-refractivity contribution is 0.618. The SMILES string of the molecule is CNCCc1c(-c2ccc(F)c(C)c2)c(C)nn1C. The van der Waals surface area contributed by atoms with Crippen molar-refractivity contribution in [1.29, 1.82) is 0 Å². The molecule has 1 aromatic carbocycles. The number of nitrogens with one attached hydrogen (secondary N) is 1. The van der Waals surface area contributed by atoms with Crippen LogP contribution in [0.4, 0.5) is 4.39 Å². The molecule has 0 saturated carbocycles. The van der Waals surface area contributed by atoms with Crippen LogP contribution in [0.25, 0.3) is 11.1 Å². The molecule has 0 unspecified atom stereocenters. The van der Waals surface area contributed by atoms with Crippen molar-refractivity contribution in [3.8, 4) is 11.1 Å². The van der Waals surface area contributed by atoms with Gasteiger partial charge in [0.25, 0.3) is 0 Å². The third-order valence-corrected chi connectivity index (χ3v) is 3.40. The molecule has 1 N–H and O–H groups in total. The predicted octanol–water partition coefficient (Wildman–Crippen LogP) is 2.60. The monoisotopic (exact) mass is 261 g/mol. The summed E-state index contributed by atoms with van der Waals surface area (Å²) in [6.07, 6.45) is 0.902. The van der Waals surface area contributed by atoms with Gasteiger partial charge in [-0.1, -0.05) is 6.07 Å². The summed E-state index contributed by atoms with van der Waals surface area (Å²) in [5, 5.41) is 7.64. The second-order valence-electron chi connectivity index (χ2n) is 4.85. The lowest BCUT2D eigenvalue weighted by Gasteiger charge is -2.08. The molecule has 0 aliphatic heterocycles. The third-order valence-electron chi connectivity index (χ3n) is 3.40. The van der Waals surface area contributed by atoms with E-state index in [1.54, 1.807) is 6.92 Å². The molecule has 0 radical (unpaired) electrons. The van der Waals surface area contributed by atoms with Crippen molar-refractivity contribution in [3.05, 3.63) is 41.0 Å². The van der Waals surface area contributed by atoms with E-state index in [4.69, 9.17) is 0 Å². The fourth-order valence-corrected chi connectivity index (χ4v) is 2.41. The number of halogens is 1. The highest BCUT2D eigenvalue weighted by molar-refractivity contribution is 5.69. The van der Waals surface area contributed by atoms with Gasteiger partial charge in [0.15, 0.2) is 0 Å². The summed E-state index contributed by atoms with van der Waals surface area (Å²) < 4.78 is 15.3. The Hall–Kier alpha value is -1.68. The maximum absolute atomic E-state index is 13.4. The Labute approximate surface area is 113 Å². The first-order valence-electron chi connectivity index (χ1n) is 6.48. The van der Waals surface area contributed by atoms with E-state index in [1.807, 2.05) is 37.8 Å². The molecular weight excluding hydrogens is 241 g/mol. The van der Waals surface area contributed by atoms with Crippen LogP contribution in [0.2, 0.25) is 0 Å². The Morgan fingerprint density at radius 2 is 2.05 bits per heavy atom. The van der Waals surface area contributed by atoms with E-state index in [1.165, 1.54) is 11.8 Å². The molecule has 0 fully saturated rings. The van der Waals surface area contributed by atoms with Gasteiger partial charge in [-0.25, -0.2) is 4.39 Å². The number of likely N-dealkylation sites (N-methyl/N-ethyl adjacent to an activating group) is 1. The fraction of sp³-hybridized carbons (Fsp3) is 0.400. The standard InChI is InChI=1S/C15H20FN3/c1-10-9-12(5-6-13(10)16)15-11(2)18-19(4)14(15)7-8-17-3/h5-6,9,17H,7-8H2,1-4H3. The molecule has 0 atom stereocenters. The van der Waals surface area contributed by atoms with Crippen LogP contribution in [-0.4, -0.2) is 23.4 Å². The van der Waals surface area contributed by atoms with Crippen molar-refractivity contribution in [2.75, 3.05) is 13.6 Å². The summed E-state index contributed by atoms with van der Waals surface area (Å²) in [6, 6.07) is 5.25. The van der Waals surface area contributed by atoms with E-state index >= 15 is 0 Å². The summed E-state index contributed by atoms with van der Waals surface area (Å²) in [6.45, 7) is 4.68. The molecule has 0 aliphatic carbocycles. The number of benzene rings is 1. The van der Waals surface area contributed by atoms with Crippen LogP contribution in [0.15, 0.2) is 18.2 Å². The lowest BCUT2D eigenvalue weighted by atomic mass is 10.00. The molecule has 1 aromatic heterocycles. The van der Waals surface area contributed by atoms with Crippen LogP contribution in [0, 0.1) is 19.7 Å². The van der Waals surface area contributed by atoms with Crippen LogP contribution in [0.5, 0.6) is 0 Å². The van der Waals surface area contributed by atoms with E-state index in [0.29, 0.717) is 5.56 Å². The maximum atomic E-state index is 13.4. The molecule has 0 bridgehead atoms. The van der Waals surface area contributed by atoms with Crippen LogP contribution in [-0.2, 0) is 13.5 Å². The average molecular weight is 261 g/mol. The molecule has 2 aromatic rings. The number of hydrogen-bond acceptors (Lipinski definition) is 2. The second-order valence-corrected chi connectivity index (χ2v) is 4.85. The number of nitrogens with zero attached hydrogens (tertiary/aromatic N) is 2. The largest absolute Gasteiger partial charge is 0.319 e. The second kappa shape index (κ2) is 5.53. The summed E-state index contributed by atoms with van der Waals surface area (Å²) in [4.78, 5) is 0. The zero-order valence-electron chi connectivity index (χ0n) is 11.9. The quantitative estimate of drug-likeness (QED) is 0.917. The molecular formula is C15H20FN3. The Balaban J connectivity index is 2.50. The molecule has 0 aliphatic rings. The Morgan fingerprint density at radius 3 is 2.68 bits per heavy atom. The predicted molar refractivity (Wildman–Crippen MR) is 75.7 cm³/mol. The molecule has 4 heteroatoms. The molecule has 19 heavy (non-hydrogen) atoms. The molecule has 102 valence electrons. The minimum Gasteiger partial charge on any atom is -0.319 e. The molecule has 1 heterocycles. The van der Waals surface area contributed by atoms with Gasteiger partial charge in [-0.05, 0) is 44.2 Å². The Kier molecular flexibility index (Phi) is 4.00. The Morgan fingerprint density at radius 1 is 1.32 bits per heavy atom. The maximum Gasteiger partial charge on any atom is 0.126 e. The third kappa shape index (κ3) is 2.68. The van der Waals surface area contributed by atoms with Gasteiger partial charge in [-0.15, -0.1) is 0 Å². The van der Waals surface area contributed by atoms with Gasteiger partial charge in [-0.2, -0.15) is 5.10 Å². The number of rotatable bonds is 4. The van der Waals surface area contributed by atoms with E-state index in [-0.39, 0.29) is 5.82 Å². The van der Waals surface area contributed by atoms with Crippen molar-refractivity contribution in [2.24, 2.45) is 7.05 Å². The van der Waals surface area contributed by atoms with E-state index in [2.05, 4.69) is 10.4 Å². The highest BCUT2D eigenvalue weighted by Crippen LogP contribution is 2.28. The summed E-state index contributed by atoms with van der Waals surface area (Å²) in [5.74, 6) is -0.165. The average Bonchev–Trinajstić information content (AvgIpc) is 2.65. The van der Waals surface area contributed by atoms with Crippen molar-refractivity contribution in [1.82, 2.24) is 15.1 Å². The zero-order chi connectivity index (χ0) is 14.0. The van der Waals surface area contributed by atoms with Gasteiger partial charge in [0, 0.05) is 31.3 Å². The topological polar surface area (TPSA) is 29.9 Å². The number of hydrogen-bond donors (Lipinski definition) is 1. The highest BCUT2D eigenvalue weighted by Gasteiger charge is 2.15.